The van der Waals surface area contributed by atoms with Crippen molar-refractivity contribution in [2.24, 2.45) is 5.92 Å². The van der Waals surface area contributed by atoms with Gasteiger partial charge in [-0.1, -0.05) is 6.07 Å². The Morgan fingerprint density at radius 3 is 2.29 bits per heavy atom. The Morgan fingerprint density at radius 1 is 1.07 bits per heavy atom. The van der Waals surface area contributed by atoms with Gasteiger partial charge in [-0.05, 0) is 42.5 Å². The van der Waals surface area contributed by atoms with Gasteiger partial charge in [-0.3, -0.25) is 4.79 Å². The molecule has 1 amide bonds. The Morgan fingerprint density at radius 2 is 1.75 bits per heavy atom. The quantitative estimate of drug-likeness (QED) is 0.635. The molecule has 0 unspecified atom stereocenters. The highest BCUT2D eigenvalue weighted by Crippen LogP contribution is 2.39. The van der Waals surface area contributed by atoms with Crippen LogP contribution in [-0.4, -0.2) is 25.2 Å². The summed E-state index contributed by atoms with van der Waals surface area (Å²) >= 11 is 1.13. The highest BCUT2D eigenvalue weighted by atomic mass is 32.1. The summed E-state index contributed by atoms with van der Waals surface area (Å²) in [6.45, 7) is 0.0782. The molecule has 2 aromatic rings. The van der Waals surface area contributed by atoms with Crippen molar-refractivity contribution < 1.29 is 31.1 Å². The van der Waals surface area contributed by atoms with E-state index in [4.69, 9.17) is 0 Å². The number of nitrogens with zero attached hydrogens (tertiary/aromatic N) is 1. The second-order valence-corrected chi connectivity index (χ2v) is 7.41. The maximum absolute atomic E-state index is 13.1. The largest absolute Gasteiger partial charge is 0.416 e. The van der Waals surface area contributed by atoms with Gasteiger partial charge in [0.25, 0.3) is 5.91 Å². The van der Waals surface area contributed by atoms with Gasteiger partial charge in [0.15, 0.2) is 0 Å². The first-order chi connectivity index (χ1) is 13.1. The number of amides is 1. The van der Waals surface area contributed by atoms with E-state index in [1.54, 1.807) is 16.3 Å². The zero-order valence-corrected chi connectivity index (χ0v) is 15.2. The SMILES string of the molecule is O=C(Nc1cc(C(F)(F)F)ccc1N1CCC(C(F)(F)F)CC1)c1cccs1. The summed E-state index contributed by atoms with van der Waals surface area (Å²) in [5.74, 6) is -2.00. The molecule has 3 nitrogen and oxygen atoms in total. The van der Waals surface area contributed by atoms with Gasteiger partial charge < -0.3 is 10.2 Å². The summed E-state index contributed by atoms with van der Waals surface area (Å²) in [7, 11) is 0. The maximum atomic E-state index is 13.1. The van der Waals surface area contributed by atoms with Crippen LogP contribution in [0.25, 0.3) is 0 Å². The first-order valence-corrected chi connectivity index (χ1v) is 9.31. The summed E-state index contributed by atoms with van der Waals surface area (Å²) in [5, 5.41) is 4.13. The van der Waals surface area contributed by atoms with E-state index in [1.165, 1.54) is 12.1 Å². The van der Waals surface area contributed by atoms with Crippen LogP contribution in [0, 0.1) is 5.92 Å². The van der Waals surface area contributed by atoms with E-state index in [9.17, 15) is 31.1 Å². The molecule has 1 aromatic carbocycles. The molecular weight excluding hydrogens is 406 g/mol. The summed E-state index contributed by atoms with van der Waals surface area (Å²) in [5.41, 5.74) is -0.736. The van der Waals surface area contributed by atoms with E-state index in [0.717, 1.165) is 23.5 Å². The summed E-state index contributed by atoms with van der Waals surface area (Å²) in [6.07, 6.45) is -9.20. The number of carbonyl (C=O) groups excluding carboxylic acids is 1. The fraction of sp³-hybridized carbons (Fsp3) is 0.389. The van der Waals surface area contributed by atoms with Crippen molar-refractivity contribution in [1.29, 1.82) is 0 Å². The lowest BCUT2D eigenvalue weighted by atomic mass is 9.95. The van der Waals surface area contributed by atoms with Crippen molar-refractivity contribution in [2.45, 2.75) is 25.2 Å². The van der Waals surface area contributed by atoms with Gasteiger partial charge >= 0.3 is 12.4 Å². The summed E-state index contributed by atoms with van der Waals surface area (Å²) < 4.78 is 77.8. The Hall–Kier alpha value is -2.23. The number of hydrogen-bond acceptors (Lipinski definition) is 3. The van der Waals surface area contributed by atoms with Crippen LogP contribution in [-0.2, 0) is 6.18 Å². The topological polar surface area (TPSA) is 32.3 Å². The standard InChI is InChI=1S/C18H16F6N2OS/c19-17(20,21)11-5-7-26(8-6-11)14-4-3-12(18(22,23)24)10-13(14)25-16(27)15-2-1-9-28-15/h1-4,9-11H,5-8H2,(H,25,27). The van der Waals surface area contributed by atoms with E-state index in [0.29, 0.717) is 4.88 Å². The molecule has 1 N–H and O–H groups in total. The minimum Gasteiger partial charge on any atom is -0.370 e. The highest BCUT2D eigenvalue weighted by molar-refractivity contribution is 7.12. The third-order valence-electron chi connectivity index (χ3n) is 4.62. The minimum absolute atomic E-state index is 0.0391. The average molecular weight is 422 g/mol. The number of hydrogen-bond donors (Lipinski definition) is 1. The fourth-order valence-electron chi connectivity index (χ4n) is 3.13. The first kappa shape index (κ1) is 20.5. The van der Waals surface area contributed by atoms with E-state index >= 15 is 0 Å². The normalized spacial score (nSPS) is 16.3. The molecule has 0 spiro atoms. The molecule has 152 valence electrons. The second-order valence-electron chi connectivity index (χ2n) is 6.46. The molecule has 1 saturated heterocycles. The van der Waals surface area contributed by atoms with Crippen LogP contribution in [0.3, 0.4) is 0 Å². The molecule has 1 aliphatic heterocycles. The predicted molar refractivity (Wildman–Crippen MR) is 94.7 cm³/mol. The van der Waals surface area contributed by atoms with E-state index in [2.05, 4.69) is 5.32 Å². The van der Waals surface area contributed by atoms with Crippen molar-refractivity contribution in [3.05, 3.63) is 46.2 Å². The lowest BCUT2D eigenvalue weighted by Gasteiger charge is -2.35. The van der Waals surface area contributed by atoms with Crippen molar-refractivity contribution in [1.82, 2.24) is 0 Å². The first-order valence-electron chi connectivity index (χ1n) is 8.43. The smallest absolute Gasteiger partial charge is 0.370 e. The van der Waals surface area contributed by atoms with Crippen molar-refractivity contribution >= 4 is 28.6 Å². The molecule has 0 saturated carbocycles. The maximum Gasteiger partial charge on any atom is 0.416 e. The van der Waals surface area contributed by atoms with Crippen LogP contribution < -0.4 is 10.2 Å². The molecule has 1 fully saturated rings. The Labute approximate surface area is 161 Å². The third kappa shape index (κ3) is 4.60. The number of nitrogens with one attached hydrogen (secondary N) is 1. The van der Waals surface area contributed by atoms with Gasteiger partial charge in [-0.2, -0.15) is 26.3 Å². The number of benzene rings is 1. The molecule has 0 aliphatic carbocycles. The Kier molecular flexibility index (Phi) is 5.60. The summed E-state index contributed by atoms with van der Waals surface area (Å²) in [6, 6.07) is 6.04. The van der Waals surface area contributed by atoms with Gasteiger partial charge in [-0.15, -0.1) is 11.3 Å². The molecule has 28 heavy (non-hydrogen) atoms. The van der Waals surface area contributed by atoms with Crippen LogP contribution in [0.15, 0.2) is 35.7 Å². The highest BCUT2D eigenvalue weighted by Gasteiger charge is 2.41. The number of rotatable bonds is 3. The van der Waals surface area contributed by atoms with Gasteiger partial charge in [0.05, 0.1) is 27.7 Å². The molecule has 3 rings (SSSR count). The zero-order valence-electron chi connectivity index (χ0n) is 14.4. The Bertz CT molecular complexity index is 824. The number of thiophene rings is 1. The van der Waals surface area contributed by atoms with Gasteiger partial charge in [0, 0.05) is 13.1 Å². The third-order valence-corrected chi connectivity index (χ3v) is 5.48. The van der Waals surface area contributed by atoms with Gasteiger partial charge in [0.2, 0.25) is 0 Å². The van der Waals surface area contributed by atoms with E-state index in [1.807, 2.05) is 0 Å². The molecule has 0 bridgehead atoms. The number of piperidine rings is 1. The van der Waals surface area contributed by atoms with Crippen molar-refractivity contribution in [3.8, 4) is 0 Å². The van der Waals surface area contributed by atoms with Gasteiger partial charge in [0.1, 0.15) is 0 Å². The number of halogens is 6. The number of anilines is 2. The lowest BCUT2D eigenvalue weighted by Crippen LogP contribution is -2.39. The molecule has 1 aliphatic rings. The molecule has 1 aromatic heterocycles. The van der Waals surface area contributed by atoms with Gasteiger partial charge in [-0.25, -0.2) is 0 Å². The molecular formula is C18H16F6N2OS. The van der Waals surface area contributed by atoms with Crippen molar-refractivity contribution in [3.63, 3.8) is 0 Å². The van der Waals surface area contributed by atoms with E-state index < -0.39 is 29.7 Å². The minimum atomic E-state index is -4.61. The van der Waals surface area contributed by atoms with Crippen LogP contribution in [0.5, 0.6) is 0 Å². The molecule has 0 atom stereocenters. The van der Waals surface area contributed by atoms with Crippen molar-refractivity contribution in [2.75, 3.05) is 23.3 Å². The molecule has 2 heterocycles. The number of alkyl halides is 6. The van der Waals surface area contributed by atoms with Crippen LogP contribution >= 0.6 is 11.3 Å². The summed E-state index contributed by atoms with van der Waals surface area (Å²) in [4.78, 5) is 14.2. The lowest BCUT2D eigenvalue weighted by molar-refractivity contribution is -0.179. The molecule has 10 heteroatoms. The number of carbonyl (C=O) groups is 1. The predicted octanol–water partition coefficient (Wildman–Crippen LogP) is 5.80. The Balaban J connectivity index is 1.87. The van der Waals surface area contributed by atoms with Crippen LogP contribution in [0.1, 0.15) is 28.1 Å². The monoisotopic (exact) mass is 422 g/mol. The fourth-order valence-corrected chi connectivity index (χ4v) is 3.75. The van der Waals surface area contributed by atoms with Crippen LogP contribution in [0.4, 0.5) is 37.7 Å². The average Bonchev–Trinajstić information content (AvgIpc) is 3.15. The second kappa shape index (κ2) is 7.65. The molecule has 0 radical (unpaired) electrons. The van der Waals surface area contributed by atoms with E-state index in [-0.39, 0.29) is 37.3 Å². The van der Waals surface area contributed by atoms with Crippen LogP contribution in [0.2, 0.25) is 0 Å². The zero-order chi connectivity index (χ0) is 20.5.